The summed E-state index contributed by atoms with van der Waals surface area (Å²) in [5.41, 5.74) is 7.94. The molecule has 2 aromatic heterocycles. The van der Waals surface area contributed by atoms with E-state index in [1.54, 1.807) is 0 Å². The number of aromatic nitrogens is 2. The minimum absolute atomic E-state index is 0.0610. The van der Waals surface area contributed by atoms with Gasteiger partial charge in [-0.25, -0.2) is 0 Å². The number of hydrogen-bond acceptors (Lipinski definition) is 4. The zero-order valence-electron chi connectivity index (χ0n) is 21.5. The van der Waals surface area contributed by atoms with Crippen molar-refractivity contribution in [1.82, 2.24) is 14.9 Å². The Hall–Kier alpha value is -3.20. The van der Waals surface area contributed by atoms with Crippen LogP contribution in [0, 0.1) is 13.8 Å². The predicted octanol–water partition coefficient (Wildman–Crippen LogP) is 6.27. The summed E-state index contributed by atoms with van der Waals surface area (Å²) in [4.78, 5) is 9.35. The van der Waals surface area contributed by atoms with Crippen LogP contribution in [0.3, 0.4) is 0 Å². The fraction of sp³-hybridized carbons (Fsp3) is 0.267. The van der Waals surface area contributed by atoms with E-state index >= 15 is 0 Å². The van der Waals surface area contributed by atoms with E-state index in [1.807, 2.05) is 24.4 Å². The number of nitrogens with one attached hydrogen (secondary N) is 1. The van der Waals surface area contributed by atoms with Gasteiger partial charge in [0.25, 0.3) is 0 Å². The third-order valence-electron chi connectivity index (χ3n) is 7.48. The second kappa shape index (κ2) is 10.5. The van der Waals surface area contributed by atoms with Crippen molar-refractivity contribution in [3.63, 3.8) is 0 Å². The van der Waals surface area contributed by atoms with Gasteiger partial charge in [0.15, 0.2) is 5.11 Å². The molecule has 0 bridgehead atoms. The lowest BCUT2D eigenvalue weighted by molar-refractivity contribution is 0.122. The van der Waals surface area contributed by atoms with Gasteiger partial charge in [-0.15, -0.1) is 0 Å². The summed E-state index contributed by atoms with van der Waals surface area (Å²) in [5.74, 6) is 0. The van der Waals surface area contributed by atoms with Crippen LogP contribution in [-0.4, -0.2) is 41.0 Å². The van der Waals surface area contributed by atoms with Crippen molar-refractivity contribution in [2.75, 3.05) is 36.1 Å². The normalized spacial score (nSPS) is 19.6. The molecule has 8 heteroatoms. The van der Waals surface area contributed by atoms with Gasteiger partial charge in [-0.3, -0.25) is 4.98 Å². The zero-order valence-corrected chi connectivity index (χ0v) is 23.9. The number of thiocarbonyl (C=S) groups is 1. The van der Waals surface area contributed by atoms with Gasteiger partial charge < -0.3 is 24.4 Å². The second-order valence-corrected chi connectivity index (χ2v) is 11.0. The van der Waals surface area contributed by atoms with Crippen LogP contribution in [0.1, 0.15) is 34.7 Å². The van der Waals surface area contributed by atoms with E-state index in [0.29, 0.717) is 5.11 Å². The second-order valence-electron chi connectivity index (χ2n) is 9.73. The first-order valence-electron chi connectivity index (χ1n) is 12.9. The molecule has 4 aromatic rings. The van der Waals surface area contributed by atoms with Gasteiger partial charge in [-0.1, -0.05) is 18.2 Å². The molecule has 2 aliphatic rings. The third-order valence-corrected chi connectivity index (χ3v) is 8.47. The number of ether oxygens (including phenoxy) is 1. The molecule has 0 saturated carbocycles. The molecule has 2 aromatic carbocycles. The van der Waals surface area contributed by atoms with E-state index in [2.05, 4.69) is 104 Å². The van der Waals surface area contributed by atoms with Crippen molar-refractivity contribution in [3.8, 4) is 5.69 Å². The predicted molar refractivity (Wildman–Crippen MR) is 160 cm³/mol. The number of aryl methyl sites for hydroxylation is 1. The SMILES string of the molecule is Cc1cc([C@@H]2[C@@H](c3ccccn3)NC(=S)N2c2ccc(N3CCOCC3)cc2)c(C)n1-c1ccccc1Br. The van der Waals surface area contributed by atoms with Gasteiger partial charge in [-0.05, 0) is 102 Å². The molecule has 2 atom stereocenters. The number of hydrogen-bond donors (Lipinski definition) is 1. The molecule has 0 spiro atoms. The number of benzene rings is 2. The molecule has 38 heavy (non-hydrogen) atoms. The van der Waals surface area contributed by atoms with Crippen molar-refractivity contribution >= 4 is 44.6 Å². The van der Waals surface area contributed by atoms with Crippen molar-refractivity contribution in [2.24, 2.45) is 0 Å². The number of para-hydroxylation sites is 1. The van der Waals surface area contributed by atoms with Crippen LogP contribution in [0.4, 0.5) is 11.4 Å². The zero-order chi connectivity index (χ0) is 26.2. The molecule has 2 aliphatic heterocycles. The summed E-state index contributed by atoms with van der Waals surface area (Å²) < 4.78 is 8.91. The summed E-state index contributed by atoms with van der Waals surface area (Å²) in [6.07, 6.45) is 1.85. The van der Waals surface area contributed by atoms with E-state index in [4.69, 9.17) is 21.9 Å². The fourth-order valence-corrected chi connectivity index (χ4v) is 6.49. The van der Waals surface area contributed by atoms with E-state index < -0.39 is 0 Å². The molecule has 2 fully saturated rings. The highest BCUT2D eigenvalue weighted by Gasteiger charge is 2.42. The first kappa shape index (κ1) is 25.1. The van der Waals surface area contributed by atoms with E-state index in [-0.39, 0.29) is 12.1 Å². The number of anilines is 2. The van der Waals surface area contributed by atoms with Gasteiger partial charge >= 0.3 is 0 Å². The highest BCUT2D eigenvalue weighted by molar-refractivity contribution is 9.10. The number of nitrogens with zero attached hydrogens (tertiary/aromatic N) is 4. The topological polar surface area (TPSA) is 45.6 Å². The molecule has 4 heterocycles. The maximum absolute atomic E-state index is 5.98. The number of halogens is 1. The van der Waals surface area contributed by atoms with Crippen LogP contribution in [0.2, 0.25) is 0 Å². The molecular formula is C30H30BrN5OS. The third kappa shape index (κ3) is 4.51. The number of pyridine rings is 1. The highest BCUT2D eigenvalue weighted by Crippen LogP contribution is 2.44. The Morgan fingerprint density at radius 3 is 2.37 bits per heavy atom. The van der Waals surface area contributed by atoms with Crippen molar-refractivity contribution in [2.45, 2.75) is 25.9 Å². The number of morpholine rings is 1. The van der Waals surface area contributed by atoms with Crippen LogP contribution in [0.15, 0.2) is 83.5 Å². The summed E-state index contributed by atoms with van der Waals surface area (Å²) in [5, 5.41) is 4.31. The molecular weight excluding hydrogens is 558 g/mol. The summed E-state index contributed by atoms with van der Waals surface area (Å²) in [6, 6.07) is 25.3. The molecule has 6 rings (SSSR count). The molecule has 2 saturated heterocycles. The molecule has 6 nitrogen and oxygen atoms in total. The Balaban J connectivity index is 1.44. The van der Waals surface area contributed by atoms with Gasteiger partial charge in [0, 0.05) is 46.5 Å². The van der Waals surface area contributed by atoms with E-state index in [1.165, 1.54) is 22.6 Å². The van der Waals surface area contributed by atoms with Crippen LogP contribution in [0.5, 0.6) is 0 Å². The molecule has 0 aliphatic carbocycles. The molecule has 0 unspecified atom stereocenters. The maximum Gasteiger partial charge on any atom is 0.174 e. The van der Waals surface area contributed by atoms with Crippen LogP contribution < -0.4 is 15.1 Å². The first-order valence-corrected chi connectivity index (χ1v) is 14.1. The molecule has 1 N–H and O–H groups in total. The van der Waals surface area contributed by atoms with Gasteiger partial charge in [-0.2, -0.15) is 0 Å². The van der Waals surface area contributed by atoms with Crippen LogP contribution >= 0.6 is 28.1 Å². The summed E-state index contributed by atoms with van der Waals surface area (Å²) in [7, 11) is 0. The Kier molecular flexibility index (Phi) is 6.95. The standard InChI is InChI=1S/C30H30BrN5OS/c1-20-19-24(21(2)35(20)27-9-4-3-7-25(27)31)29-28(26-8-5-6-14-32-26)33-30(38)36(29)23-12-10-22(11-13-23)34-15-17-37-18-16-34/h3-14,19,28-29H,15-18H2,1-2H3,(H,33,38)/t28-,29-/m1/s1. The van der Waals surface area contributed by atoms with Crippen LogP contribution in [0.25, 0.3) is 5.69 Å². The Bertz CT molecular complexity index is 1450. The van der Waals surface area contributed by atoms with Gasteiger partial charge in [0.1, 0.15) is 0 Å². The summed E-state index contributed by atoms with van der Waals surface area (Å²) >= 11 is 9.73. The largest absolute Gasteiger partial charge is 0.378 e. The monoisotopic (exact) mass is 587 g/mol. The molecule has 0 amide bonds. The molecule has 0 radical (unpaired) electrons. The smallest absolute Gasteiger partial charge is 0.174 e. The lowest BCUT2D eigenvalue weighted by Gasteiger charge is -2.31. The van der Waals surface area contributed by atoms with Crippen molar-refractivity contribution in [1.29, 1.82) is 0 Å². The quantitative estimate of drug-likeness (QED) is 0.278. The lowest BCUT2D eigenvalue weighted by atomic mass is 9.96. The Morgan fingerprint density at radius 2 is 1.66 bits per heavy atom. The van der Waals surface area contributed by atoms with Crippen molar-refractivity contribution in [3.05, 3.63) is 106 Å². The van der Waals surface area contributed by atoms with Gasteiger partial charge in [0.2, 0.25) is 0 Å². The Labute approximate surface area is 237 Å². The highest BCUT2D eigenvalue weighted by atomic mass is 79.9. The van der Waals surface area contributed by atoms with Gasteiger partial charge in [0.05, 0.1) is 36.7 Å². The van der Waals surface area contributed by atoms with Crippen LogP contribution in [-0.2, 0) is 4.74 Å². The van der Waals surface area contributed by atoms with Crippen molar-refractivity contribution < 1.29 is 4.74 Å². The minimum Gasteiger partial charge on any atom is -0.378 e. The number of rotatable bonds is 5. The minimum atomic E-state index is -0.0872. The average molecular weight is 589 g/mol. The average Bonchev–Trinajstić information content (AvgIpc) is 3.45. The summed E-state index contributed by atoms with van der Waals surface area (Å²) in [6.45, 7) is 7.71. The fourth-order valence-electron chi connectivity index (χ4n) is 5.69. The Morgan fingerprint density at radius 1 is 0.947 bits per heavy atom. The first-order chi connectivity index (χ1) is 18.5. The maximum atomic E-state index is 5.98. The molecule has 194 valence electrons. The van der Waals surface area contributed by atoms with E-state index in [0.717, 1.165) is 47.8 Å². The lowest BCUT2D eigenvalue weighted by Crippen LogP contribution is -2.36. The van der Waals surface area contributed by atoms with E-state index in [9.17, 15) is 0 Å².